The molecule has 0 unspecified atom stereocenters. The first-order valence-electron chi connectivity index (χ1n) is 8.73. The fraction of sp³-hybridized carbons (Fsp3) is 0.300. The van der Waals surface area contributed by atoms with Crippen LogP contribution in [-0.4, -0.2) is 48.9 Å². The monoisotopic (exact) mass is 430 g/mol. The molecule has 1 aromatic carbocycles. The van der Waals surface area contributed by atoms with Crippen molar-refractivity contribution in [3.8, 4) is 0 Å². The zero-order chi connectivity index (χ0) is 19.7. The molecule has 7 heteroatoms. The van der Waals surface area contributed by atoms with Gasteiger partial charge in [0.05, 0.1) is 11.1 Å². The largest absolute Gasteiger partial charge is 0.358 e. The number of aromatic nitrogens is 1. The van der Waals surface area contributed by atoms with Crippen LogP contribution in [0.1, 0.15) is 32.9 Å². The van der Waals surface area contributed by atoms with E-state index < -0.39 is 0 Å². The highest BCUT2D eigenvalue weighted by molar-refractivity contribution is 9.10. The van der Waals surface area contributed by atoms with E-state index in [-0.39, 0.29) is 11.8 Å². The highest BCUT2D eigenvalue weighted by atomic mass is 79.9. The summed E-state index contributed by atoms with van der Waals surface area (Å²) in [6, 6.07) is 5.68. The maximum atomic E-state index is 12.6. The molecular formula is C20H23BrN4O2. The fourth-order valence-electron chi connectivity index (χ4n) is 3.19. The molecule has 0 saturated heterocycles. The second kappa shape index (κ2) is 7.70. The van der Waals surface area contributed by atoms with Crippen molar-refractivity contribution in [2.24, 2.45) is 0 Å². The van der Waals surface area contributed by atoms with E-state index in [1.54, 1.807) is 0 Å². The molecule has 1 aliphatic heterocycles. The zero-order valence-electron chi connectivity index (χ0n) is 15.9. The molecule has 3 N–H and O–H groups in total. The van der Waals surface area contributed by atoms with Gasteiger partial charge in [-0.3, -0.25) is 9.59 Å². The van der Waals surface area contributed by atoms with Crippen molar-refractivity contribution >= 4 is 45.1 Å². The van der Waals surface area contributed by atoms with E-state index >= 15 is 0 Å². The number of aromatic amines is 1. The van der Waals surface area contributed by atoms with Crippen LogP contribution in [-0.2, 0) is 4.79 Å². The molecule has 142 valence electrons. The van der Waals surface area contributed by atoms with Crippen molar-refractivity contribution in [2.45, 2.75) is 13.8 Å². The number of carbonyl (C=O) groups is 2. The van der Waals surface area contributed by atoms with Gasteiger partial charge in [0, 0.05) is 40.2 Å². The highest BCUT2D eigenvalue weighted by Crippen LogP contribution is 2.35. The number of carbonyl (C=O) groups excluding carboxylic acids is 2. The number of nitrogens with one attached hydrogen (secondary N) is 3. The van der Waals surface area contributed by atoms with Gasteiger partial charge in [0.1, 0.15) is 0 Å². The average Bonchev–Trinajstić information content (AvgIpc) is 3.04. The summed E-state index contributed by atoms with van der Waals surface area (Å²) in [6.45, 7) is 5.12. The fourth-order valence-corrected chi connectivity index (χ4v) is 3.55. The highest BCUT2D eigenvalue weighted by Gasteiger charge is 2.25. The van der Waals surface area contributed by atoms with E-state index in [2.05, 4.69) is 31.5 Å². The maximum absolute atomic E-state index is 12.6. The number of amides is 2. The van der Waals surface area contributed by atoms with Gasteiger partial charge in [0.15, 0.2) is 0 Å². The lowest BCUT2D eigenvalue weighted by Crippen LogP contribution is -2.31. The van der Waals surface area contributed by atoms with Crippen LogP contribution in [0.25, 0.3) is 11.6 Å². The molecule has 3 rings (SSSR count). The standard InChI is InChI=1S/C20H23BrN4O2/c1-11-17(23-12(2)18(11)20(27)22-7-8-25(3)4)10-15-14-9-13(21)5-6-16(14)24-19(15)26/h5-6,9-10,23H,7-8H2,1-4H3,(H,22,27)(H,24,26)/b15-10-. The lowest BCUT2D eigenvalue weighted by molar-refractivity contribution is -0.110. The number of rotatable bonds is 5. The van der Waals surface area contributed by atoms with E-state index in [4.69, 9.17) is 0 Å². The summed E-state index contributed by atoms with van der Waals surface area (Å²) in [7, 11) is 3.93. The third-order valence-corrected chi connectivity index (χ3v) is 5.09. The summed E-state index contributed by atoms with van der Waals surface area (Å²) in [5.74, 6) is -0.251. The molecule has 0 radical (unpaired) electrons. The Morgan fingerprint density at radius 2 is 2.04 bits per heavy atom. The van der Waals surface area contributed by atoms with Gasteiger partial charge < -0.3 is 20.5 Å². The molecule has 2 heterocycles. The van der Waals surface area contributed by atoms with Gasteiger partial charge >= 0.3 is 0 Å². The Morgan fingerprint density at radius 3 is 2.74 bits per heavy atom. The van der Waals surface area contributed by atoms with E-state index in [1.807, 2.05) is 57.1 Å². The second-order valence-corrected chi connectivity index (χ2v) is 7.84. The molecule has 0 saturated carbocycles. The predicted molar refractivity (Wildman–Crippen MR) is 112 cm³/mol. The Kier molecular flexibility index (Phi) is 5.53. The Labute approximate surface area is 167 Å². The van der Waals surface area contributed by atoms with Crippen LogP contribution in [0.2, 0.25) is 0 Å². The van der Waals surface area contributed by atoms with Gasteiger partial charge in [0.2, 0.25) is 0 Å². The van der Waals surface area contributed by atoms with Crippen LogP contribution < -0.4 is 10.6 Å². The van der Waals surface area contributed by atoms with Crippen LogP contribution in [0.5, 0.6) is 0 Å². The topological polar surface area (TPSA) is 77.2 Å². The molecule has 0 atom stereocenters. The number of likely N-dealkylation sites (N-methyl/N-ethyl adjacent to an activating group) is 1. The van der Waals surface area contributed by atoms with Crippen LogP contribution in [0, 0.1) is 13.8 Å². The number of halogens is 1. The Morgan fingerprint density at radius 1 is 1.30 bits per heavy atom. The average molecular weight is 431 g/mol. The number of benzene rings is 1. The second-order valence-electron chi connectivity index (χ2n) is 6.92. The molecule has 2 amide bonds. The van der Waals surface area contributed by atoms with Crippen molar-refractivity contribution in [3.05, 3.63) is 50.8 Å². The van der Waals surface area contributed by atoms with E-state index in [0.717, 1.165) is 39.2 Å². The molecule has 0 fully saturated rings. The van der Waals surface area contributed by atoms with Crippen molar-refractivity contribution in [1.29, 1.82) is 0 Å². The summed E-state index contributed by atoms with van der Waals surface area (Å²) < 4.78 is 0.906. The first-order chi connectivity index (χ1) is 12.8. The number of aryl methyl sites for hydroxylation is 1. The van der Waals surface area contributed by atoms with E-state index in [1.165, 1.54) is 0 Å². The van der Waals surface area contributed by atoms with Gasteiger partial charge in [-0.05, 0) is 57.8 Å². The summed E-state index contributed by atoms with van der Waals surface area (Å²) >= 11 is 3.45. The number of anilines is 1. The van der Waals surface area contributed by atoms with Gasteiger partial charge in [-0.25, -0.2) is 0 Å². The van der Waals surface area contributed by atoms with Crippen molar-refractivity contribution in [2.75, 3.05) is 32.5 Å². The molecule has 6 nitrogen and oxygen atoms in total. The predicted octanol–water partition coefficient (Wildman–Crippen LogP) is 3.18. The first kappa shape index (κ1) is 19.4. The summed E-state index contributed by atoms with van der Waals surface area (Å²) in [6.07, 6.45) is 1.81. The zero-order valence-corrected chi connectivity index (χ0v) is 17.5. The molecule has 1 aliphatic rings. The molecular weight excluding hydrogens is 408 g/mol. The minimum Gasteiger partial charge on any atom is -0.358 e. The van der Waals surface area contributed by atoms with E-state index in [0.29, 0.717) is 17.7 Å². The molecule has 27 heavy (non-hydrogen) atoms. The van der Waals surface area contributed by atoms with E-state index in [9.17, 15) is 9.59 Å². The van der Waals surface area contributed by atoms with Crippen molar-refractivity contribution < 1.29 is 9.59 Å². The first-order valence-corrected chi connectivity index (χ1v) is 9.52. The van der Waals surface area contributed by atoms with Gasteiger partial charge in [-0.1, -0.05) is 15.9 Å². The third kappa shape index (κ3) is 3.99. The van der Waals surface area contributed by atoms with Crippen LogP contribution in [0.3, 0.4) is 0 Å². The SMILES string of the molecule is Cc1[nH]c(/C=C2\C(=O)Nc3ccc(Br)cc32)c(C)c1C(=O)NCCN(C)C. The van der Waals surface area contributed by atoms with Crippen LogP contribution in [0.15, 0.2) is 22.7 Å². The lowest BCUT2D eigenvalue weighted by atomic mass is 10.0. The number of hydrogen-bond donors (Lipinski definition) is 3. The Hall–Kier alpha value is -2.38. The van der Waals surface area contributed by atoms with Gasteiger partial charge in [-0.15, -0.1) is 0 Å². The third-order valence-electron chi connectivity index (χ3n) is 4.60. The van der Waals surface area contributed by atoms with Gasteiger partial charge in [-0.2, -0.15) is 0 Å². The maximum Gasteiger partial charge on any atom is 0.256 e. The lowest BCUT2D eigenvalue weighted by Gasteiger charge is -2.10. The van der Waals surface area contributed by atoms with Crippen LogP contribution in [0.4, 0.5) is 5.69 Å². The molecule has 0 spiro atoms. The Balaban J connectivity index is 1.91. The van der Waals surface area contributed by atoms with Crippen LogP contribution >= 0.6 is 15.9 Å². The number of H-pyrrole nitrogens is 1. The summed E-state index contributed by atoms with van der Waals surface area (Å²) in [4.78, 5) is 30.2. The van der Waals surface area contributed by atoms with Crippen molar-refractivity contribution in [1.82, 2.24) is 15.2 Å². The minimum absolute atomic E-state index is 0.105. The molecule has 0 aliphatic carbocycles. The number of hydrogen-bond acceptors (Lipinski definition) is 3. The quantitative estimate of drug-likeness (QED) is 0.637. The summed E-state index contributed by atoms with van der Waals surface area (Å²) in [5.41, 5.74) is 5.23. The minimum atomic E-state index is -0.147. The molecule has 2 aromatic rings. The number of fused-ring (bicyclic) bond motifs is 1. The Bertz CT molecular complexity index is 944. The molecule has 0 bridgehead atoms. The molecule has 1 aromatic heterocycles. The summed E-state index contributed by atoms with van der Waals surface area (Å²) in [5, 5.41) is 5.82. The number of nitrogens with zero attached hydrogens (tertiary/aromatic N) is 1. The normalized spacial score (nSPS) is 14.6. The van der Waals surface area contributed by atoms with Crippen molar-refractivity contribution in [3.63, 3.8) is 0 Å². The smallest absolute Gasteiger partial charge is 0.256 e. The van der Waals surface area contributed by atoms with Gasteiger partial charge in [0.25, 0.3) is 11.8 Å².